The average Bonchev–Trinajstić information content (AvgIpc) is 2.81. The van der Waals surface area contributed by atoms with Crippen LogP contribution in [0.2, 0.25) is 0 Å². The number of carbonyl (C=O) groups excluding carboxylic acids is 1. The van der Waals surface area contributed by atoms with Crippen molar-refractivity contribution in [3.05, 3.63) is 10.4 Å². The molecule has 1 unspecified atom stereocenters. The number of hydrogen-bond acceptors (Lipinski definition) is 7. The highest BCUT2D eigenvalue weighted by molar-refractivity contribution is 5.76. The Bertz CT molecular complexity index is 461. The second-order valence-electron chi connectivity index (χ2n) is 6.16. The van der Waals surface area contributed by atoms with Gasteiger partial charge in [0.1, 0.15) is 6.10 Å². The molecule has 1 rings (SSSR count). The average molecular weight is 331 g/mol. The van der Waals surface area contributed by atoms with Gasteiger partial charge in [0.05, 0.1) is 26.4 Å². The Morgan fingerprint density at radius 2 is 2.17 bits per heavy atom. The van der Waals surface area contributed by atoms with Crippen molar-refractivity contribution in [1.29, 1.82) is 0 Å². The molecule has 0 N–H and O–H groups in total. The van der Waals surface area contributed by atoms with Gasteiger partial charge in [-0.15, -0.1) is 0 Å². The number of rotatable bonds is 8. The van der Waals surface area contributed by atoms with E-state index in [0.29, 0.717) is 6.61 Å². The van der Waals surface area contributed by atoms with Crippen LogP contribution in [0.15, 0.2) is 5.11 Å². The summed E-state index contributed by atoms with van der Waals surface area (Å²) in [7, 11) is 1.22. The highest BCUT2D eigenvalue weighted by Gasteiger charge is 2.36. The van der Waals surface area contributed by atoms with Crippen LogP contribution in [0.1, 0.15) is 34.6 Å². The maximum absolute atomic E-state index is 11.6. The minimum atomic E-state index is -1.09. The minimum Gasteiger partial charge on any atom is -0.469 e. The van der Waals surface area contributed by atoms with E-state index < -0.39 is 29.7 Å². The molecule has 0 spiro atoms. The molecule has 1 heterocycles. The van der Waals surface area contributed by atoms with Crippen molar-refractivity contribution >= 4 is 5.97 Å². The van der Waals surface area contributed by atoms with Gasteiger partial charge in [-0.05, 0) is 40.1 Å². The lowest BCUT2D eigenvalue weighted by molar-refractivity contribution is -0.249. The van der Waals surface area contributed by atoms with Crippen molar-refractivity contribution in [3.63, 3.8) is 0 Å². The van der Waals surface area contributed by atoms with Crippen LogP contribution in [0.4, 0.5) is 0 Å². The number of hydrogen-bond donors (Lipinski definition) is 0. The molecule has 0 amide bonds. The van der Waals surface area contributed by atoms with Gasteiger partial charge in [0, 0.05) is 4.91 Å². The zero-order valence-corrected chi connectivity index (χ0v) is 14.4. The quantitative estimate of drug-likeness (QED) is 0.221. The summed E-state index contributed by atoms with van der Waals surface area (Å²) in [5.74, 6) is -2.29. The van der Waals surface area contributed by atoms with E-state index in [9.17, 15) is 4.79 Å². The molecule has 23 heavy (non-hydrogen) atoms. The Labute approximate surface area is 135 Å². The summed E-state index contributed by atoms with van der Waals surface area (Å²) >= 11 is 0. The molecule has 0 aromatic carbocycles. The normalized spacial score (nSPS) is 23.0. The third kappa shape index (κ3) is 6.32. The summed E-state index contributed by atoms with van der Waals surface area (Å²) in [5.41, 5.74) is 8.56. The number of carbonyl (C=O) groups is 1. The number of methoxy groups -OCH3 is 1. The summed E-state index contributed by atoms with van der Waals surface area (Å²) in [4.78, 5) is 14.3. The van der Waals surface area contributed by atoms with Crippen LogP contribution in [0.3, 0.4) is 0 Å². The van der Waals surface area contributed by atoms with E-state index in [1.165, 1.54) is 7.11 Å². The molecule has 9 heteroatoms. The Balaban J connectivity index is 2.55. The Morgan fingerprint density at radius 3 is 2.65 bits per heavy atom. The maximum Gasteiger partial charge on any atom is 0.317 e. The molecule has 1 fully saturated rings. The molecular formula is C14H25N3O6. The van der Waals surface area contributed by atoms with Crippen LogP contribution >= 0.6 is 0 Å². The first-order valence-corrected chi connectivity index (χ1v) is 7.36. The third-order valence-electron chi connectivity index (χ3n) is 3.22. The minimum absolute atomic E-state index is 0.197. The zero-order valence-electron chi connectivity index (χ0n) is 14.4. The van der Waals surface area contributed by atoms with E-state index in [1.807, 2.05) is 13.8 Å². The second-order valence-corrected chi connectivity index (χ2v) is 6.16. The van der Waals surface area contributed by atoms with E-state index in [0.717, 1.165) is 0 Å². The fraction of sp³-hybridized carbons (Fsp3) is 0.929. The summed E-state index contributed by atoms with van der Waals surface area (Å²) in [6.45, 7) is 9.38. The molecule has 0 aromatic heterocycles. The van der Waals surface area contributed by atoms with Crippen molar-refractivity contribution in [3.8, 4) is 0 Å². The van der Waals surface area contributed by atoms with Crippen molar-refractivity contribution in [2.45, 2.75) is 64.4 Å². The first-order chi connectivity index (χ1) is 10.6. The lowest BCUT2D eigenvalue weighted by atomic mass is 10.2. The van der Waals surface area contributed by atoms with Gasteiger partial charge >= 0.3 is 5.97 Å². The largest absolute Gasteiger partial charge is 0.469 e. The first kappa shape index (κ1) is 19.7. The summed E-state index contributed by atoms with van der Waals surface area (Å²) in [5, 5.41) is 3.42. The molecule has 9 nitrogen and oxygen atoms in total. The molecule has 0 radical (unpaired) electrons. The summed E-state index contributed by atoms with van der Waals surface area (Å²) < 4.78 is 27.1. The van der Waals surface area contributed by atoms with Crippen LogP contribution in [0.25, 0.3) is 10.4 Å². The first-order valence-electron chi connectivity index (χ1n) is 7.36. The van der Waals surface area contributed by atoms with Crippen molar-refractivity contribution in [2.75, 3.05) is 20.3 Å². The van der Waals surface area contributed by atoms with Gasteiger partial charge in [0.2, 0.25) is 0 Å². The van der Waals surface area contributed by atoms with Crippen molar-refractivity contribution in [1.82, 2.24) is 0 Å². The van der Waals surface area contributed by atoms with Gasteiger partial charge in [0.15, 0.2) is 17.6 Å². The van der Waals surface area contributed by atoms with E-state index >= 15 is 0 Å². The molecule has 1 saturated heterocycles. The maximum atomic E-state index is 11.6. The van der Waals surface area contributed by atoms with Crippen LogP contribution in [-0.2, 0) is 28.5 Å². The van der Waals surface area contributed by atoms with Crippen LogP contribution in [0, 0.1) is 0 Å². The lowest BCUT2D eigenvalue weighted by Gasteiger charge is -2.31. The Kier molecular flexibility index (Phi) is 6.79. The second kappa shape index (κ2) is 7.94. The number of azide groups is 1. The summed E-state index contributed by atoms with van der Waals surface area (Å²) in [6.07, 6.45) is -0.915. The third-order valence-corrected chi connectivity index (χ3v) is 3.22. The van der Waals surface area contributed by atoms with Gasteiger partial charge < -0.3 is 23.7 Å². The van der Waals surface area contributed by atoms with E-state index in [1.54, 1.807) is 20.8 Å². The molecule has 0 bridgehead atoms. The highest BCUT2D eigenvalue weighted by Crippen LogP contribution is 2.24. The van der Waals surface area contributed by atoms with Gasteiger partial charge in [-0.25, -0.2) is 0 Å². The van der Waals surface area contributed by atoms with Crippen LogP contribution in [0.5, 0.6) is 0 Å². The fourth-order valence-electron chi connectivity index (χ4n) is 2.19. The molecule has 132 valence electrons. The molecule has 3 atom stereocenters. The highest BCUT2D eigenvalue weighted by atomic mass is 16.8. The van der Waals surface area contributed by atoms with Gasteiger partial charge in [0.25, 0.3) is 0 Å². The van der Waals surface area contributed by atoms with E-state index in [-0.39, 0.29) is 12.7 Å². The summed E-state index contributed by atoms with van der Waals surface area (Å²) in [6, 6.07) is -1.09. The molecule has 0 aromatic rings. The SMILES string of the molecule is COC(=O)[C@@H](N=[N+]=[N-])C(C)OC(C)(C)OC[C@H]1COC(C)(C)O1. The lowest BCUT2D eigenvalue weighted by Crippen LogP contribution is -2.42. The van der Waals surface area contributed by atoms with Crippen LogP contribution in [-0.4, -0.2) is 56.1 Å². The predicted octanol–water partition coefficient (Wildman–Crippen LogP) is 2.15. The molecule has 0 aliphatic carbocycles. The fourth-order valence-corrected chi connectivity index (χ4v) is 2.19. The standard InChI is InChI=1S/C14H25N3O6/c1-9(11(16-17-15)12(18)19-6)22-13(2,3)20-7-10-8-21-14(4,5)23-10/h9-11H,7-8H2,1-6H3/t9?,10-,11-/m0/s1. The Morgan fingerprint density at radius 1 is 1.52 bits per heavy atom. The van der Waals surface area contributed by atoms with Crippen molar-refractivity contribution in [2.24, 2.45) is 5.11 Å². The van der Waals surface area contributed by atoms with E-state index in [2.05, 4.69) is 14.8 Å². The zero-order chi connectivity index (χ0) is 17.7. The topological polar surface area (TPSA) is 112 Å². The number of nitrogens with zero attached hydrogens (tertiary/aromatic N) is 3. The number of ether oxygens (including phenoxy) is 5. The molecule has 0 saturated carbocycles. The molecule has 1 aliphatic heterocycles. The van der Waals surface area contributed by atoms with Gasteiger partial charge in [-0.1, -0.05) is 5.11 Å². The monoisotopic (exact) mass is 331 g/mol. The predicted molar refractivity (Wildman–Crippen MR) is 80.4 cm³/mol. The van der Waals surface area contributed by atoms with Gasteiger partial charge in [-0.2, -0.15) is 0 Å². The number of esters is 1. The molecular weight excluding hydrogens is 306 g/mol. The van der Waals surface area contributed by atoms with Gasteiger partial charge in [-0.3, -0.25) is 4.79 Å². The van der Waals surface area contributed by atoms with E-state index in [4.69, 9.17) is 24.5 Å². The van der Waals surface area contributed by atoms with Crippen LogP contribution < -0.4 is 0 Å². The smallest absolute Gasteiger partial charge is 0.317 e. The van der Waals surface area contributed by atoms with Crippen molar-refractivity contribution < 1.29 is 28.5 Å². The molecule has 1 aliphatic rings. The Hall–Kier alpha value is -1.38.